The SMILES string of the molecule is CS(=O)(=O)c1ccc([C@@H](CC2CCCC2)C(=O)Nc2cnc(OC(CO)CO)cn2)cc1Cl. The van der Waals surface area contributed by atoms with E-state index in [9.17, 15) is 13.2 Å². The minimum atomic E-state index is -3.48. The largest absolute Gasteiger partial charge is 0.468 e. The summed E-state index contributed by atoms with van der Waals surface area (Å²) in [5.41, 5.74) is 0.637. The Labute approximate surface area is 198 Å². The third-order valence-corrected chi connectivity index (χ3v) is 7.27. The molecule has 0 radical (unpaired) electrons. The van der Waals surface area contributed by atoms with Gasteiger partial charge in [0.25, 0.3) is 0 Å². The number of carbonyl (C=O) groups is 1. The number of sulfone groups is 1. The van der Waals surface area contributed by atoms with Gasteiger partial charge in [0, 0.05) is 6.26 Å². The van der Waals surface area contributed by atoms with Crippen LogP contribution in [0.2, 0.25) is 5.02 Å². The minimum Gasteiger partial charge on any atom is -0.468 e. The van der Waals surface area contributed by atoms with Gasteiger partial charge in [-0.2, -0.15) is 0 Å². The van der Waals surface area contributed by atoms with Gasteiger partial charge in [-0.05, 0) is 30.0 Å². The summed E-state index contributed by atoms with van der Waals surface area (Å²) in [6, 6.07) is 4.62. The zero-order valence-corrected chi connectivity index (χ0v) is 19.8. The maximum atomic E-state index is 13.2. The number of amides is 1. The van der Waals surface area contributed by atoms with Crippen molar-refractivity contribution in [3.8, 4) is 5.88 Å². The van der Waals surface area contributed by atoms with E-state index in [0.717, 1.165) is 31.9 Å². The maximum absolute atomic E-state index is 13.2. The summed E-state index contributed by atoms with van der Waals surface area (Å²) in [4.78, 5) is 21.4. The van der Waals surface area contributed by atoms with Crippen LogP contribution in [0.4, 0.5) is 5.82 Å². The molecule has 9 nitrogen and oxygen atoms in total. The molecule has 1 atom stereocenters. The molecule has 1 aromatic heterocycles. The number of aromatic nitrogens is 2. The Hall–Kier alpha value is -2.27. The second-order valence-electron chi connectivity index (χ2n) is 8.23. The lowest BCUT2D eigenvalue weighted by Gasteiger charge is -2.21. The van der Waals surface area contributed by atoms with Crippen LogP contribution in [0.3, 0.4) is 0 Å². The number of carbonyl (C=O) groups excluding carboxylic acids is 1. The number of nitrogens with zero attached hydrogens (tertiary/aromatic N) is 2. The van der Waals surface area contributed by atoms with Gasteiger partial charge >= 0.3 is 0 Å². The van der Waals surface area contributed by atoms with Crippen LogP contribution in [-0.4, -0.2) is 60.1 Å². The number of hydrogen-bond acceptors (Lipinski definition) is 8. The summed E-state index contributed by atoms with van der Waals surface area (Å²) in [7, 11) is -3.48. The average Bonchev–Trinajstić information content (AvgIpc) is 3.29. The van der Waals surface area contributed by atoms with Crippen molar-refractivity contribution in [2.75, 3.05) is 24.8 Å². The summed E-state index contributed by atoms with van der Waals surface area (Å²) in [6.45, 7) is -0.750. The predicted molar refractivity (Wildman–Crippen MR) is 123 cm³/mol. The second-order valence-corrected chi connectivity index (χ2v) is 10.6. The van der Waals surface area contributed by atoms with E-state index < -0.39 is 21.9 Å². The van der Waals surface area contributed by atoms with E-state index in [-0.39, 0.29) is 40.7 Å². The second kappa shape index (κ2) is 11.2. The first-order chi connectivity index (χ1) is 15.7. The number of aliphatic hydroxyl groups excluding tert-OH is 2. The van der Waals surface area contributed by atoms with Gasteiger partial charge in [-0.1, -0.05) is 43.4 Å². The number of aliphatic hydroxyl groups is 2. The molecule has 11 heteroatoms. The highest BCUT2D eigenvalue weighted by atomic mass is 35.5. The van der Waals surface area contributed by atoms with E-state index >= 15 is 0 Å². The van der Waals surface area contributed by atoms with Crippen molar-refractivity contribution in [2.24, 2.45) is 5.92 Å². The van der Waals surface area contributed by atoms with Crippen molar-refractivity contribution >= 4 is 33.2 Å². The number of benzene rings is 1. The van der Waals surface area contributed by atoms with Crippen LogP contribution in [0.25, 0.3) is 0 Å². The fraction of sp³-hybridized carbons (Fsp3) is 0.500. The van der Waals surface area contributed by atoms with Crippen molar-refractivity contribution in [3.63, 3.8) is 0 Å². The van der Waals surface area contributed by atoms with Crippen LogP contribution in [0.5, 0.6) is 5.88 Å². The number of anilines is 1. The van der Waals surface area contributed by atoms with E-state index in [4.69, 9.17) is 26.6 Å². The normalized spacial score (nSPS) is 15.5. The molecule has 1 fully saturated rings. The Morgan fingerprint density at radius 2 is 1.91 bits per heavy atom. The summed E-state index contributed by atoms with van der Waals surface area (Å²) in [6.07, 6.45) is 7.85. The molecular weight excluding hydrogens is 470 g/mol. The fourth-order valence-corrected chi connectivity index (χ4v) is 5.30. The first kappa shape index (κ1) is 25.4. The molecule has 2 aromatic rings. The van der Waals surface area contributed by atoms with E-state index in [1.165, 1.54) is 18.5 Å². The predicted octanol–water partition coefficient (Wildman–Crippen LogP) is 2.57. The van der Waals surface area contributed by atoms with Crippen molar-refractivity contribution in [3.05, 3.63) is 41.2 Å². The van der Waals surface area contributed by atoms with Crippen LogP contribution >= 0.6 is 11.6 Å². The number of hydrogen-bond donors (Lipinski definition) is 3. The van der Waals surface area contributed by atoms with Crippen LogP contribution in [-0.2, 0) is 14.6 Å². The van der Waals surface area contributed by atoms with Crippen LogP contribution in [0.1, 0.15) is 43.6 Å². The fourth-order valence-electron chi connectivity index (χ4n) is 3.97. The number of ether oxygens (including phenoxy) is 1. The van der Waals surface area contributed by atoms with Gasteiger partial charge in [-0.3, -0.25) is 4.79 Å². The molecule has 0 spiro atoms. The molecule has 0 saturated heterocycles. The first-order valence-electron chi connectivity index (χ1n) is 10.7. The highest BCUT2D eigenvalue weighted by Gasteiger charge is 2.28. The van der Waals surface area contributed by atoms with Crippen molar-refractivity contribution in [1.82, 2.24) is 9.97 Å². The van der Waals surface area contributed by atoms with Crippen LogP contribution in [0.15, 0.2) is 35.5 Å². The third-order valence-electron chi connectivity index (χ3n) is 5.69. The smallest absolute Gasteiger partial charge is 0.233 e. The monoisotopic (exact) mass is 497 g/mol. The summed E-state index contributed by atoms with van der Waals surface area (Å²) < 4.78 is 29.1. The van der Waals surface area contributed by atoms with Crippen LogP contribution in [0, 0.1) is 5.92 Å². The molecule has 33 heavy (non-hydrogen) atoms. The average molecular weight is 498 g/mol. The number of halogens is 1. The molecule has 0 bridgehead atoms. The molecule has 1 aliphatic carbocycles. The van der Waals surface area contributed by atoms with E-state index in [2.05, 4.69) is 15.3 Å². The van der Waals surface area contributed by atoms with Gasteiger partial charge in [0.15, 0.2) is 15.7 Å². The maximum Gasteiger partial charge on any atom is 0.233 e. The van der Waals surface area contributed by atoms with Gasteiger partial charge in [0.2, 0.25) is 11.8 Å². The highest BCUT2D eigenvalue weighted by molar-refractivity contribution is 7.90. The van der Waals surface area contributed by atoms with Gasteiger partial charge in [-0.25, -0.2) is 18.4 Å². The topological polar surface area (TPSA) is 139 Å². The molecule has 180 valence electrons. The quantitative estimate of drug-likeness (QED) is 0.455. The minimum absolute atomic E-state index is 0.0264. The molecule has 1 saturated carbocycles. The molecular formula is C22H28ClN3O6S. The summed E-state index contributed by atoms with van der Waals surface area (Å²) >= 11 is 6.24. The van der Waals surface area contributed by atoms with Crippen LogP contribution < -0.4 is 10.1 Å². The third kappa shape index (κ3) is 6.86. The van der Waals surface area contributed by atoms with Crippen molar-refractivity contribution < 1.29 is 28.2 Å². The standard InChI is InChI=1S/C22H28ClN3O6S/c1-33(30,31)19-7-6-15(9-18(19)23)17(8-14-4-2-3-5-14)22(29)26-20-10-25-21(11-24-20)32-16(12-27)13-28/h6-7,9-11,14,16-17,27-28H,2-5,8,12-13H2,1H3,(H,24,26,29)/t17-/m1/s1. The highest BCUT2D eigenvalue weighted by Crippen LogP contribution is 2.36. The van der Waals surface area contributed by atoms with Gasteiger partial charge in [-0.15, -0.1) is 0 Å². The molecule has 3 N–H and O–H groups in total. The van der Waals surface area contributed by atoms with Crippen molar-refractivity contribution in [2.45, 2.75) is 49.0 Å². The van der Waals surface area contributed by atoms with E-state index in [1.54, 1.807) is 12.1 Å². The zero-order chi connectivity index (χ0) is 24.0. The van der Waals surface area contributed by atoms with E-state index in [0.29, 0.717) is 17.9 Å². The summed E-state index contributed by atoms with van der Waals surface area (Å²) in [5.74, 6) is -0.120. The number of rotatable bonds is 10. The molecule has 0 aliphatic heterocycles. The van der Waals surface area contributed by atoms with Crippen molar-refractivity contribution in [1.29, 1.82) is 0 Å². The molecule has 0 unspecified atom stereocenters. The Kier molecular flexibility index (Phi) is 8.63. The molecule has 1 heterocycles. The Morgan fingerprint density at radius 1 is 1.21 bits per heavy atom. The van der Waals surface area contributed by atoms with Gasteiger partial charge in [0.05, 0.1) is 41.4 Å². The Bertz CT molecular complexity index is 1050. The van der Waals surface area contributed by atoms with Gasteiger partial charge in [0.1, 0.15) is 6.10 Å². The molecule has 3 rings (SSSR count). The lowest BCUT2D eigenvalue weighted by Crippen LogP contribution is -2.26. The van der Waals surface area contributed by atoms with Gasteiger partial charge < -0.3 is 20.3 Å². The number of nitrogens with one attached hydrogen (secondary N) is 1. The Balaban J connectivity index is 1.79. The Morgan fingerprint density at radius 3 is 2.45 bits per heavy atom. The zero-order valence-electron chi connectivity index (χ0n) is 18.3. The van der Waals surface area contributed by atoms with E-state index in [1.807, 2.05) is 0 Å². The molecule has 1 aliphatic rings. The first-order valence-corrected chi connectivity index (χ1v) is 13.0. The lowest BCUT2D eigenvalue weighted by atomic mass is 9.87. The molecule has 1 amide bonds. The summed E-state index contributed by atoms with van der Waals surface area (Å²) in [5, 5.41) is 21.0. The molecule has 1 aromatic carbocycles. The lowest BCUT2D eigenvalue weighted by molar-refractivity contribution is -0.118.